The molecule has 0 fully saturated rings. The topological polar surface area (TPSA) is 104 Å². The molecule has 0 saturated carbocycles. The van der Waals surface area contributed by atoms with Gasteiger partial charge in [0.1, 0.15) is 0 Å². The molecule has 0 atom stereocenters. The first-order valence-electron chi connectivity index (χ1n) is 9.23. The van der Waals surface area contributed by atoms with Crippen LogP contribution in [0.5, 0.6) is 0 Å². The first-order valence-corrected chi connectivity index (χ1v) is 9.23. The fraction of sp³-hybridized carbons (Fsp3) is 0.182. The molecule has 0 saturated heterocycles. The van der Waals surface area contributed by atoms with Crippen molar-refractivity contribution in [1.29, 1.82) is 0 Å². The number of rotatable bonds is 3. The van der Waals surface area contributed by atoms with Gasteiger partial charge in [0.2, 0.25) is 5.41 Å². The Balaban J connectivity index is 0.000000336. The zero-order valence-corrected chi connectivity index (χ0v) is 16.7. The second-order valence-corrected chi connectivity index (χ2v) is 6.95. The molecule has 3 aromatic carbocycles. The van der Waals surface area contributed by atoms with Crippen molar-refractivity contribution in [3.8, 4) is 0 Å². The van der Waals surface area contributed by atoms with Crippen molar-refractivity contribution in [2.75, 3.05) is 17.2 Å². The van der Waals surface area contributed by atoms with E-state index in [9.17, 15) is 26.3 Å². The predicted octanol–water partition coefficient (Wildman–Crippen LogP) is 4.99. The van der Waals surface area contributed by atoms with Gasteiger partial charge in [0.05, 0.1) is 0 Å². The zero-order valence-electron chi connectivity index (χ0n) is 16.7. The van der Waals surface area contributed by atoms with Crippen LogP contribution in [0.25, 0.3) is 0 Å². The molecule has 0 aliphatic carbocycles. The molecule has 0 spiro atoms. The normalized spacial score (nSPS) is 12.1. The van der Waals surface area contributed by atoms with Crippen LogP contribution in [0.4, 0.5) is 43.4 Å². The number of alkyl halides is 6. The molecule has 0 heterocycles. The van der Waals surface area contributed by atoms with Crippen molar-refractivity contribution >= 4 is 17.1 Å². The van der Waals surface area contributed by atoms with Crippen molar-refractivity contribution in [3.05, 3.63) is 89.5 Å². The van der Waals surface area contributed by atoms with Crippen molar-refractivity contribution in [1.82, 2.24) is 0 Å². The third-order valence-corrected chi connectivity index (χ3v) is 4.68. The molecule has 0 aromatic heterocycles. The molecule has 3 rings (SSSR count). The Hall–Kier alpha value is -3.40. The van der Waals surface area contributed by atoms with Crippen LogP contribution in [0.15, 0.2) is 72.8 Å². The molecular weight excluding hydrogens is 434 g/mol. The van der Waals surface area contributed by atoms with Gasteiger partial charge in [-0.3, -0.25) is 0 Å². The molecule has 4 nitrogen and oxygen atoms in total. The second-order valence-electron chi connectivity index (χ2n) is 6.95. The fourth-order valence-electron chi connectivity index (χ4n) is 3.25. The van der Waals surface area contributed by atoms with E-state index in [-0.39, 0.29) is 11.4 Å². The highest BCUT2D eigenvalue weighted by Crippen LogP contribution is 2.56. The van der Waals surface area contributed by atoms with Crippen LogP contribution in [0.3, 0.4) is 0 Å². The summed E-state index contributed by atoms with van der Waals surface area (Å²) < 4.78 is 82.2. The molecule has 32 heavy (non-hydrogen) atoms. The largest absolute Gasteiger partial charge is 0.411 e. The highest BCUT2D eigenvalue weighted by Gasteiger charge is 2.72. The van der Waals surface area contributed by atoms with Gasteiger partial charge >= 0.3 is 12.4 Å². The lowest BCUT2D eigenvalue weighted by Crippen LogP contribution is -2.54. The molecule has 172 valence electrons. The van der Waals surface area contributed by atoms with Crippen molar-refractivity contribution in [3.63, 3.8) is 0 Å². The molecule has 0 amide bonds. The van der Waals surface area contributed by atoms with Crippen LogP contribution in [0, 0.1) is 0 Å². The highest BCUT2D eigenvalue weighted by atomic mass is 19.4. The Labute approximate surface area is 180 Å². The summed E-state index contributed by atoms with van der Waals surface area (Å²) in [4.78, 5) is 0. The zero-order chi connectivity index (χ0) is 24.2. The van der Waals surface area contributed by atoms with Crippen LogP contribution >= 0.6 is 0 Å². The quantitative estimate of drug-likeness (QED) is 0.329. The number of nitrogens with two attached hydrogens (primary N) is 4. The van der Waals surface area contributed by atoms with E-state index < -0.39 is 28.9 Å². The van der Waals surface area contributed by atoms with Gasteiger partial charge in [-0.15, -0.1) is 0 Å². The van der Waals surface area contributed by atoms with E-state index in [2.05, 4.69) is 0 Å². The number of hydrogen-bond acceptors (Lipinski definition) is 4. The van der Waals surface area contributed by atoms with Crippen molar-refractivity contribution in [2.24, 2.45) is 5.73 Å². The SMILES string of the molecule is NCc1cccc(N)c1.Nc1cccc(C(c2cccc(N)c2)(C(F)(F)F)C(F)(F)F)c1. The summed E-state index contributed by atoms with van der Waals surface area (Å²) in [6.07, 6.45) is -11.3. The maximum Gasteiger partial charge on any atom is 0.411 e. The summed E-state index contributed by atoms with van der Waals surface area (Å²) in [5, 5.41) is 0. The summed E-state index contributed by atoms with van der Waals surface area (Å²) in [6, 6.07) is 14.9. The molecule has 0 radical (unpaired) electrons. The molecule has 0 aliphatic rings. The highest BCUT2D eigenvalue weighted by molar-refractivity contribution is 5.53. The number of halogens is 6. The first kappa shape index (κ1) is 24.9. The Kier molecular flexibility index (Phi) is 7.30. The van der Waals surface area contributed by atoms with Crippen LogP contribution in [0.2, 0.25) is 0 Å². The van der Waals surface area contributed by atoms with Gasteiger partial charge < -0.3 is 22.9 Å². The van der Waals surface area contributed by atoms with E-state index in [0.717, 1.165) is 35.5 Å². The van der Waals surface area contributed by atoms with Gasteiger partial charge in [0.15, 0.2) is 0 Å². The smallest absolute Gasteiger partial charge is 0.399 e. The summed E-state index contributed by atoms with van der Waals surface area (Å²) in [6.45, 7) is 0.561. The number of benzene rings is 3. The van der Waals surface area contributed by atoms with Crippen LogP contribution < -0.4 is 22.9 Å². The Morgan fingerprint density at radius 2 is 0.938 bits per heavy atom. The van der Waals surface area contributed by atoms with Gasteiger partial charge in [0.25, 0.3) is 0 Å². The molecule has 3 aromatic rings. The number of hydrogen-bond donors (Lipinski definition) is 4. The molecule has 10 heteroatoms. The van der Waals surface area contributed by atoms with Crippen molar-refractivity contribution < 1.29 is 26.3 Å². The van der Waals surface area contributed by atoms with E-state index in [1.165, 1.54) is 12.1 Å². The molecule has 8 N–H and O–H groups in total. The maximum absolute atomic E-state index is 13.7. The molecule has 0 bridgehead atoms. The standard InChI is InChI=1S/C15H12F6N2.C7H10N2/c16-14(17,18)13(15(19,20)21,9-3-1-5-11(22)7-9)10-4-2-6-12(23)8-10;8-5-6-2-1-3-7(9)4-6/h1-8H,22-23H2;1-4H,5,8-9H2. The van der Waals surface area contributed by atoms with Gasteiger partial charge in [-0.1, -0.05) is 36.4 Å². The Morgan fingerprint density at radius 3 is 1.22 bits per heavy atom. The maximum atomic E-state index is 13.7. The Bertz CT molecular complexity index is 985. The van der Waals surface area contributed by atoms with Crippen LogP contribution in [0.1, 0.15) is 16.7 Å². The number of anilines is 3. The third-order valence-electron chi connectivity index (χ3n) is 4.68. The van der Waals surface area contributed by atoms with E-state index in [4.69, 9.17) is 22.9 Å². The van der Waals surface area contributed by atoms with Gasteiger partial charge in [-0.2, -0.15) is 26.3 Å². The minimum atomic E-state index is -5.65. The summed E-state index contributed by atoms with van der Waals surface area (Å²) in [7, 11) is 0. The Morgan fingerprint density at radius 1 is 0.562 bits per heavy atom. The lowest BCUT2D eigenvalue weighted by atomic mass is 9.72. The summed E-state index contributed by atoms with van der Waals surface area (Å²) in [5.41, 5.74) is 16.8. The average Bonchev–Trinajstić information content (AvgIpc) is 2.67. The summed E-state index contributed by atoms with van der Waals surface area (Å²) in [5.74, 6) is 0. The molecule has 0 aliphatic heterocycles. The third kappa shape index (κ3) is 5.08. The van der Waals surface area contributed by atoms with Gasteiger partial charge in [-0.25, -0.2) is 0 Å². The molecule has 0 unspecified atom stereocenters. The second kappa shape index (κ2) is 9.39. The average molecular weight is 456 g/mol. The van der Waals surface area contributed by atoms with Gasteiger partial charge in [-0.05, 0) is 53.1 Å². The van der Waals surface area contributed by atoms with E-state index >= 15 is 0 Å². The monoisotopic (exact) mass is 456 g/mol. The fourth-order valence-corrected chi connectivity index (χ4v) is 3.25. The predicted molar refractivity (Wildman–Crippen MR) is 113 cm³/mol. The van der Waals surface area contributed by atoms with E-state index in [0.29, 0.717) is 18.7 Å². The van der Waals surface area contributed by atoms with Crippen LogP contribution in [-0.4, -0.2) is 12.4 Å². The van der Waals surface area contributed by atoms with E-state index in [1.54, 1.807) is 0 Å². The first-order chi connectivity index (χ1) is 14.8. The molecular formula is C22H22F6N4. The van der Waals surface area contributed by atoms with Crippen LogP contribution in [-0.2, 0) is 12.0 Å². The van der Waals surface area contributed by atoms with E-state index in [1.807, 2.05) is 24.3 Å². The van der Waals surface area contributed by atoms with Crippen molar-refractivity contribution in [2.45, 2.75) is 24.3 Å². The minimum Gasteiger partial charge on any atom is -0.399 e. The minimum absolute atomic E-state index is 0.204. The van der Waals surface area contributed by atoms with Gasteiger partial charge in [0, 0.05) is 23.6 Å². The lowest BCUT2D eigenvalue weighted by Gasteiger charge is -2.38. The lowest BCUT2D eigenvalue weighted by molar-refractivity contribution is -0.288. The number of nitrogen functional groups attached to an aromatic ring is 3. The summed E-state index contributed by atoms with van der Waals surface area (Å²) >= 11 is 0.